The van der Waals surface area contributed by atoms with Crippen molar-refractivity contribution in [3.63, 3.8) is 0 Å². The van der Waals surface area contributed by atoms with Gasteiger partial charge in [0.25, 0.3) is 11.5 Å². The zero-order valence-corrected chi connectivity index (χ0v) is 17.7. The maximum Gasteiger partial charge on any atom is 0.352 e. The summed E-state index contributed by atoms with van der Waals surface area (Å²) in [5, 5.41) is 6.70. The second-order valence-corrected chi connectivity index (χ2v) is 7.53. The number of hydrogen-bond acceptors (Lipinski definition) is 4. The van der Waals surface area contributed by atoms with Crippen molar-refractivity contribution in [2.24, 2.45) is 0 Å². The molecule has 3 rings (SSSR count). The van der Waals surface area contributed by atoms with Gasteiger partial charge in [-0.15, -0.1) is 0 Å². The fourth-order valence-corrected chi connectivity index (χ4v) is 3.09. The Morgan fingerprint density at radius 1 is 1.03 bits per heavy atom. The third-order valence-electron chi connectivity index (χ3n) is 4.88. The second kappa shape index (κ2) is 8.90. The number of carbonyl (C=O) groups excluding carboxylic acids is 1. The van der Waals surface area contributed by atoms with E-state index in [-0.39, 0.29) is 12.2 Å². The first-order valence-electron chi connectivity index (χ1n) is 10.00. The van der Waals surface area contributed by atoms with E-state index in [2.05, 4.69) is 24.3 Å². The van der Waals surface area contributed by atoms with E-state index in [1.165, 1.54) is 0 Å². The van der Waals surface area contributed by atoms with Crippen LogP contribution < -0.4 is 16.6 Å². The summed E-state index contributed by atoms with van der Waals surface area (Å²) < 4.78 is 2.17. The molecule has 0 bridgehead atoms. The monoisotopic (exact) mass is 406 g/mol. The van der Waals surface area contributed by atoms with Crippen molar-refractivity contribution in [3.8, 4) is 5.69 Å². The summed E-state index contributed by atoms with van der Waals surface area (Å²) in [6, 6.07) is 14.9. The molecule has 7 nitrogen and oxygen atoms in total. The smallest absolute Gasteiger partial charge is 0.351 e. The van der Waals surface area contributed by atoms with E-state index in [0.29, 0.717) is 18.2 Å². The van der Waals surface area contributed by atoms with Crippen LogP contribution in [-0.2, 0) is 6.54 Å². The molecule has 7 heteroatoms. The van der Waals surface area contributed by atoms with Crippen LogP contribution in [0.3, 0.4) is 0 Å². The number of rotatable bonds is 6. The predicted octanol–water partition coefficient (Wildman–Crippen LogP) is 2.62. The van der Waals surface area contributed by atoms with Gasteiger partial charge in [0.1, 0.15) is 0 Å². The number of hydrogen-bond donors (Lipinski definition) is 1. The summed E-state index contributed by atoms with van der Waals surface area (Å²) in [7, 11) is 0. The molecule has 0 radical (unpaired) electrons. The zero-order chi connectivity index (χ0) is 21.8. The summed E-state index contributed by atoms with van der Waals surface area (Å²) in [5.41, 5.74) is 1.86. The molecule has 0 aliphatic heterocycles. The first kappa shape index (κ1) is 21.2. The Morgan fingerprint density at radius 3 is 2.23 bits per heavy atom. The van der Waals surface area contributed by atoms with E-state index in [4.69, 9.17) is 0 Å². The van der Waals surface area contributed by atoms with Crippen LogP contribution in [0.5, 0.6) is 0 Å². The highest BCUT2D eigenvalue weighted by Crippen LogP contribution is 2.15. The molecule has 0 saturated heterocycles. The molecule has 0 spiro atoms. The van der Waals surface area contributed by atoms with Gasteiger partial charge in [0.2, 0.25) is 5.69 Å². The lowest BCUT2D eigenvalue weighted by molar-refractivity contribution is 0.0946. The van der Waals surface area contributed by atoms with Crippen molar-refractivity contribution in [1.82, 2.24) is 19.7 Å². The van der Waals surface area contributed by atoms with Gasteiger partial charge in [0.05, 0.1) is 12.2 Å². The van der Waals surface area contributed by atoms with Gasteiger partial charge in [-0.2, -0.15) is 9.78 Å². The van der Waals surface area contributed by atoms with E-state index in [1.807, 2.05) is 43.3 Å². The van der Waals surface area contributed by atoms with Crippen molar-refractivity contribution in [2.45, 2.75) is 40.2 Å². The summed E-state index contributed by atoms with van der Waals surface area (Å²) >= 11 is 0. The van der Waals surface area contributed by atoms with Gasteiger partial charge in [0.15, 0.2) is 0 Å². The number of aryl methyl sites for hydroxylation is 1. The highest BCUT2D eigenvalue weighted by atomic mass is 16.2. The minimum absolute atomic E-state index is 0.0525. The standard InChI is InChI=1S/C23H26N4O3/c1-5-24-21(28)20-22(29)26(14-17-8-6-16(4)7-9-17)23(30)27(25-20)19-12-10-18(11-13-19)15(2)3/h6-13,15H,5,14H2,1-4H3,(H,24,28). The molecular weight excluding hydrogens is 380 g/mol. The number of benzene rings is 2. The van der Waals surface area contributed by atoms with Crippen LogP contribution in [0.25, 0.3) is 5.69 Å². The van der Waals surface area contributed by atoms with Crippen molar-refractivity contribution in [1.29, 1.82) is 0 Å². The lowest BCUT2D eigenvalue weighted by Crippen LogP contribution is -2.46. The van der Waals surface area contributed by atoms with Crippen LogP contribution in [0.2, 0.25) is 0 Å². The predicted molar refractivity (Wildman–Crippen MR) is 116 cm³/mol. The zero-order valence-electron chi connectivity index (χ0n) is 17.7. The lowest BCUT2D eigenvalue weighted by atomic mass is 10.0. The fourth-order valence-electron chi connectivity index (χ4n) is 3.09. The first-order chi connectivity index (χ1) is 14.3. The Bertz CT molecular complexity index is 1160. The maximum absolute atomic E-state index is 13.1. The largest absolute Gasteiger partial charge is 0.352 e. The summed E-state index contributed by atoms with van der Waals surface area (Å²) in [4.78, 5) is 38.5. The number of amides is 1. The van der Waals surface area contributed by atoms with Crippen molar-refractivity contribution >= 4 is 5.91 Å². The van der Waals surface area contributed by atoms with Crippen molar-refractivity contribution < 1.29 is 4.79 Å². The van der Waals surface area contributed by atoms with Gasteiger partial charge in [-0.25, -0.2) is 4.79 Å². The molecule has 3 aromatic rings. The third kappa shape index (κ3) is 4.40. The van der Waals surface area contributed by atoms with E-state index >= 15 is 0 Å². The first-order valence-corrected chi connectivity index (χ1v) is 10.00. The fraction of sp³-hybridized carbons (Fsp3) is 0.304. The van der Waals surface area contributed by atoms with Crippen LogP contribution in [0.15, 0.2) is 58.1 Å². The SMILES string of the molecule is CCNC(=O)c1nn(-c2ccc(C(C)C)cc2)c(=O)n(Cc2ccc(C)cc2)c1=O. The van der Waals surface area contributed by atoms with Crippen molar-refractivity contribution in [3.05, 3.63) is 91.8 Å². The number of aromatic nitrogens is 3. The van der Waals surface area contributed by atoms with Crippen molar-refractivity contribution in [2.75, 3.05) is 6.54 Å². The molecule has 0 fully saturated rings. The Balaban J connectivity index is 2.17. The average molecular weight is 406 g/mol. The van der Waals surface area contributed by atoms with E-state index in [9.17, 15) is 14.4 Å². The third-order valence-corrected chi connectivity index (χ3v) is 4.88. The molecule has 2 aromatic carbocycles. The summed E-state index contributed by atoms with van der Waals surface area (Å²) in [6.07, 6.45) is 0. The van der Waals surface area contributed by atoms with E-state index < -0.39 is 17.2 Å². The van der Waals surface area contributed by atoms with E-state index in [0.717, 1.165) is 25.9 Å². The maximum atomic E-state index is 13.1. The Morgan fingerprint density at radius 2 is 1.67 bits per heavy atom. The minimum Gasteiger partial charge on any atom is -0.351 e. The molecule has 1 amide bonds. The number of carbonyl (C=O) groups is 1. The molecule has 1 heterocycles. The number of nitrogens with one attached hydrogen (secondary N) is 1. The normalized spacial score (nSPS) is 11.0. The summed E-state index contributed by atoms with van der Waals surface area (Å²) in [6.45, 7) is 8.27. The lowest BCUT2D eigenvalue weighted by Gasteiger charge is -2.13. The quantitative estimate of drug-likeness (QED) is 0.682. The second-order valence-electron chi connectivity index (χ2n) is 7.53. The molecule has 30 heavy (non-hydrogen) atoms. The van der Waals surface area contributed by atoms with Gasteiger partial charge in [0, 0.05) is 6.54 Å². The Labute approximate surface area is 175 Å². The molecule has 1 N–H and O–H groups in total. The van der Waals surface area contributed by atoms with Gasteiger partial charge in [-0.3, -0.25) is 14.2 Å². The molecule has 0 aliphatic rings. The van der Waals surface area contributed by atoms with Crippen LogP contribution in [0.1, 0.15) is 53.9 Å². The summed E-state index contributed by atoms with van der Waals surface area (Å²) in [5.74, 6) is -0.266. The van der Waals surface area contributed by atoms with Crippen LogP contribution >= 0.6 is 0 Å². The van der Waals surface area contributed by atoms with Gasteiger partial charge in [-0.1, -0.05) is 55.8 Å². The molecule has 0 saturated carbocycles. The number of nitrogens with zero attached hydrogens (tertiary/aromatic N) is 3. The van der Waals surface area contributed by atoms with E-state index in [1.54, 1.807) is 19.1 Å². The van der Waals surface area contributed by atoms with Gasteiger partial charge < -0.3 is 5.32 Å². The van der Waals surface area contributed by atoms with Gasteiger partial charge >= 0.3 is 5.69 Å². The Hall–Kier alpha value is -3.48. The highest BCUT2D eigenvalue weighted by Gasteiger charge is 2.20. The van der Waals surface area contributed by atoms with Crippen LogP contribution in [0.4, 0.5) is 0 Å². The highest BCUT2D eigenvalue weighted by molar-refractivity contribution is 5.91. The van der Waals surface area contributed by atoms with Crippen LogP contribution in [0, 0.1) is 6.92 Å². The molecule has 0 atom stereocenters. The molecule has 1 aromatic heterocycles. The van der Waals surface area contributed by atoms with Gasteiger partial charge in [-0.05, 0) is 43.0 Å². The Kier molecular flexibility index (Phi) is 6.30. The topological polar surface area (TPSA) is 86.0 Å². The molecule has 0 aliphatic carbocycles. The molecular formula is C23H26N4O3. The van der Waals surface area contributed by atoms with Crippen LogP contribution in [-0.4, -0.2) is 26.8 Å². The molecule has 156 valence electrons. The molecule has 0 unspecified atom stereocenters. The average Bonchev–Trinajstić information content (AvgIpc) is 2.73. The minimum atomic E-state index is -0.707.